The van der Waals surface area contributed by atoms with Gasteiger partial charge in [-0.3, -0.25) is 4.79 Å². The zero-order chi connectivity index (χ0) is 21.8. The molecule has 1 atom stereocenters. The molecular formula is C26H34Cl3N3O2. The van der Waals surface area contributed by atoms with Crippen LogP contribution in [0.4, 0.5) is 0 Å². The number of aliphatic carboxylic acids is 1. The minimum Gasteiger partial charge on any atom is -0.481 e. The molecule has 2 heterocycles. The molecule has 0 spiro atoms. The fourth-order valence-electron chi connectivity index (χ4n) is 4.71. The van der Waals surface area contributed by atoms with Crippen LogP contribution in [-0.2, 0) is 24.3 Å². The van der Waals surface area contributed by atoms with Gasteiger partial charge < -0.3 is 15.0 Å². The van der Waals surface area contributed by atoms with Crippen molar-refractivity contribution >= 4 is 54.2 Å². The van der Waals surface area contributed by atoms with Crippen LogP contribution in [0.2, 0.25) is 0 Å². The second kappa shape index (κ2) is 13.7. The van der Waals surface area contributed by atoms with Gasteiger partial charge in [-0.25, -0.2) is 4.98 Å². The zero-order valence-electron chi connectivity index (χ0n) is 19.5. The Morgan fingerprint density at radius 3 is 2.74 bits per heavy atom. The van der Waals surface area contributed by atoms with Gasteiger partial charge in [0.25, 0.3) is 0 Å². The van der Waals surface area contributed by atoms with Gasteiger partial charge in [0.1, 0.15) is 0 Å². The van der Waals surface area contributed by atoms with E-state index in [1.54, 1.807) is 0 Å². The van der Waals surface area contributed by atoms with Gasteiger partial charge in [0.05, 0.1) is 23.8 Å². The molecule has 0 aliphatic carbocycles. The van der Waals surface area contributed by atoms with Crippen LogP contribution in [0.15, 0.2) is 49.3 Å². The first-order valence-corrected chi connectivity index (χ1v) is 11.2. The Balaban J connectivity index is 0.00000193. The maximum absolute atomic E-state index is 11.8. The first-order chi connectivity index (χ1) is 15.1. The van der Waals surface area contributed by atoms with Gasteiger partial charge in [-0.15, -0.1) is 43.8 Å². The van der Waals surface area contributed by atoms with E-state index in [1.165, 1.54) is 11.1 Å². The molecule has 1 aliphatic rings. The summed E-state index contributed by atoms with van der Waals surface area (Å²) in [5, 5.41) is 13.1. The molecule has 0 saturated heterocycles. The van der Waals surface area contributed by atoms with Crippen molar-refractivity contribution in [2.75, 3.05) is 6.54 Å². The average Bonchev–Trinajstić information content (AvgIpc) is 3.19. The summed E-state index contributed by atoms with van der Waals surface area (Å²) in [4.78, 5) is 16.4. The largest absolute Gasteiger partial charge is 0.481 e. The lowest BCUT2D eigenvalue weighted by atomic mass is 9.83. The van der Waals surface area contributed by atoms with Crippen LogP contribution in [0.3, 0.4) is 0 Å². The van der Waals surface area contributed by atoms with Crippen LogP contribution in [0, 0.1) is 6.92 Å². The quantitative estimate of drug-likeness (QED) is 0.257. The van der Waals surface area contributed by atoms with Crippen molar-refractivity contribution in [2.45, 2.75) is 58.0 Å². The maximum atomic E-state index is 11.8. The van der Waals surface area contributed by atoms with Crippen molar-refractivity contribution in [1.29, 1.82) is 0 Å². The summed E-state index contributed by atoms with van der Waals surface area (Å²) in [7, 11) is 0. The first-order valence-electron chi connectivity index (χ1n) is 11.2. The smallest absolute Gasteiger partial charge is 0.304 e. The Morgan fingerprint density at radius 1 is 1.21 bits per heavy atom. The number of halogens is 3. The number of aromatic nitrogens is 2. The predicted molar refractivity (Wildman–Crippen MR) is 146 cm³/mol. The average molecular weight is 527 g/mol. The molecule has 0 radical (unpaired) electrons. The number of nitrogens with one attached hydrogen (secondary N) is 1. The number of carboxylic acids is 1. The molecule has 0 fully saturated rings. The Kier molecular flexibility index (Phi) is 12.1. The molecule has 2 N–H and O–H groups in total. The number of rotatable bonds is 9. The predicted octanol–water partition coefficient (Wildman–Crippen LogP) is 6.22. The maximum Gasteiger partial charge on any atom is 0.304 e. The van der Waals surface area contributed by atoms with Gasteiger partial charge in [0.2, 0.25) is 0 Å². The number of hydrogen-bond donors (Lipinski definition) is 2. The molecule has 34 heavy (non-hydrogen) atoms. The van der Waals surface area contributed by atoms with Crippen LogP contribution in [0.25, 0.3) is 11.0 Å². The van der Waals surface area contributed by atoms with Gasteiger partial charge in [0, 0.05) is 19.0 Å². The molecule has 1 aliphatic heterocycles. The molecule has 8 heteroatoms. The standard InChI is InChI=1S/C26H31N3O2.3ClH/c1-3-4-5-6-13-29-17-28-26-18(2)22(9-10-24(26)29)23(15-25(30)31)20-8-7-19-11-12-27-16-21(19)14-20;;;/h3,7-10,14,17,23,27H,1,4-6,11-13,15-16H2,2H3,(H,30,31);3*1H. The molecule has 3 aromatic rings. The van der Waals surface area contributed by atoms with Crippen molar-refractivity contribution < 1.29 is 9.90 Å². The van der Waals surface area contributed by atoms with E-state index in [1.807, 2.05) is 12.4 Å². The lowest BCUT2D eigenvalue weighted by Gasteiger charge is -2.23. The minimum absolute atomic E-state index is 0. The summed E-state index contributed by atoms with van der Waals surface area (Å²) in [5.74, 6) is -0.972. The zero-order valence-corrected chi connectivity index (χ0v) is 21.9. The summed E-state index contributed by atoms with van der Waals surface area (Å²) < 4.78 is 2.20. The number of hydrogen-bond acceptors (Lipinski definition) is 3. The molecule has 1 unspecified atom stereocenters. The number of carbonyl (C=O) groups is 1. The lowest BCUT2D eigenvalue weighted by Crippen LogP contribution is -2.24. The van der Waals surface area contributed by atoms with Crippen molar-refractivity contribution in [1.82, 2.24) is 14.9 Å². The summed E-state index contributed by atoms with van der Waals surface area (Å²) in [6.45, 7) is 8.63. The molecule has 0 amide bonds. The van der Waals surface area contributed by atoms with E-state index < -0.39 is 5.97 Å². The van der Waals surface area contributed by atoms with Crippen LogP contribution >= 0.6 is 37.2 Å². The van der Waals surface area contributed by atoms with Gasteiger partial charge >= 0.3 is 5.97 Å². The van der Waals surface area contributed by atoms with Crippen LogP contribution in [0.5, 0.6) is 0 Å². The number of benzene rings is 2. The third-order valence-electron chi connectivity index (χ3n) is 6.42. The van der Waals surface area contributed by atoms with E-state index in [-0.39, 0.29) is 49.6 Å². The van der Waals surface area contributed by atoms with E-state index in [2.05, 4.69) is 58.7 Å². The normalized spacial score (nSPS) is 13.1. The number of carboxylic acid groups (broad SMARTS) is 1. The Hall–Kier alpha value is -2.05. The van der Waals surface area contributed by atoms with Crippen LogP contribution in [-0.4, -0.2) is 27.2 Å². The van der Waals surface area contributed by atoms with E-state index in [9.17, 15) is 9.90 Å². The van der Waals surface area contributed by atoms with Crippen molar-refractivity contribution in [3.8, 4) is 0 Å². The number of nitrogens with zero attached hydrogens (tertiary/aromatic N) is 2. The van der Waals surface area contributed by atoms with E-state index in [0.29, 0.717) is 0 Å². The minimum atomic E-state index is -0.784. The molecule has 2 aromatic carbocycles. The molecule has 186 valence electrons. The van der Waals surface area contributed by atoms with E-state index in [0.717, 1.165) is 73.0 Å². The molecular weight excluding hydrogens is 493 g/mol. The van der Waals surface area contributed by atoms with Crippen LogP contribution in [0.1, 0.15) is 59.4 Å². The number of fused-ring (bicyclic) bond motifs is 2. The lowest BCUT2D eigenvalue weighted by molar-refractivity contribution is -0.137. The molecule has 0 bridgehead atoms. The van der Waals surface area contributed by atoms with Gasteiger partial charge in [-0.05, 0) is 73.0 Å². The third kappa shape index (κ3) is 6.54. The second-order valence-corrected chi connectivity index (χ2v) is 8.48. The van der Waals surface area contributed by atoms with Gasteiger partial charge in [0.15, 0.2) is 0 Å². The highest BCUT2D eigenvalue weighted by molar-refractivity contribution is 5.86. The number of aryl methyl sites for hydroxylation is 2. The number of allylic oxidation sites excluding steroid dienone is 1. The van der Waals surface area contributed by atoms with Gasteiger partial charge in [-0.2, -0.15) is 0 Å². The summed E-state index contributed by atoms with van der Waals surface area (Å²) in [6, 6.07) is 10.7. The summed E-state index contributed by atoms with van der Waals surface area (Å²) >= 11 is 0. The molecule has 5 nitrogen and oxygen atoms in total. The second-order valence-electron chi connectivity index (χ2n) is 8.48. The molecule has 0 saturated carbocycles. The van der Waals surface area contributed by atoms with Crippen LogP contribution < -0.4 is 5.32 Å². The first kappa shape index (κ1) is 30.0. The SMILES string of the molecule is C=CCCCCn1cnc2c(C)c(C(CC(=O)O)c3ccc4c(c3)CNCC4)ccc21.Cl.Cl.Cl. The Labute approximate surface area is 220 Å². The topological polar surface area (TPSA) is 67.2 Å². The summed E-state index contributed by atoms with van der Waals surface area (Å²) in [5.41, 5.74) is 7.91. The summed E-state index contributed by atoms with van der Waals surface area (Å²) in [6.07, 6.45) is 8.20. The van der Waals surface area contributed by atoms with Crippen molar-refractivity contribution in [2.24, 2.45) is 0 Å². The monoisotopic (exact) mass is 525 g/mol. The Bertz CT molecular complexity index is 1110. The fourth-order valence-corrected chi connectivity index (χ4v) is 4.71. The molecule has 4 rings (SSSR count). The van der Waals surface area contributed by atoms with Gasteiger partial charge in [-0.1, -0.05) is 30.3 Å². The van der Waals surface area contributed by atoms with Crippen molar-refractivity contribution in [3.05, 3.63) is 77.1 Å². The highest BCUT2D eigenvalue weighted by Gasteiger charge is 2.23. The number of unbranched alkanes of at least 4 members (excludes halogenated alkanes) is 2. The highest BCUT2D eigenvalue weighted by Crippen LogP contribution is 2.35. The fraction of sp³-hybridized carbons (Fsp3) is 0.385. The van der Waals surface area contributed by atoms with Crippen molar-refractivity contribution in [3.63, 3.8) is 0 Å². The highest BCUT2D eigenvalue weighted by atomic mass is 35.5. The van der Waals surface area contributed by atoms with E-state index >= 15 is 0 Å². The Morgan fingerprint density at radius 2 is 2.00 bits per heavy atom. The third-order valence-corrected chi connectivity index (χ3v) is 6.42. The van der Waals surface area contributed by atoms with E-state index in [4.69, 9.17) is 0 Å². The number of imidazole rings is 1. The molecule has 1 aromatic heterocycles.